The summed E-state index contributed by atoms with van der Waals surface area (Å²) in [6.45, 7) is 0.569. The van der Waals surface area contributed by atoms with Crippen molar-refractivity contribution in [3.63, 3.8) is 0 Å². The van der Waals surface area contributed by atoms with E-state index in [-0.39, 0.29) is 12.5 Å². The third kappa shape index (κ3) is 3.88. The third-order valence-electron chi connectivity index (χ3n) is 3.83. The lowest BCUT2D eigenvalue weighted by Gasteiger charge is -2.17. The maximum atomic E-state index is 12.4. The fourth-order valence-corrected chi connectivity index (χ4v) is 2.51. The number of hydrogen-bond donors (Lipinski definition) is 2. The zero-order valence-corrected chi connectivity index (χ0v) is 13.2. The molecule has 5 nitrogen and oxygen atoms in total. The van der Waals surface area contributed by atoms with E-state index in [4.69, 9.17) is 0 Å². The van der Waals surface area contributed by atoms with Gasteiger partial charge < -0.3 is 15.0 Å². The Morgan fingerprint density at radius 1 is 1.12 bits per heavy atom. The highest BCUT2D eigenvalue weighted by Crippen LogP contribution is 2.13. The molecular weight excluding hydrogens is 302 g/mol. The zero-order valence-electron chi connectivity index (χ0n) is 13.2. The average Bonchev–Trinajstić information content (AvgIpc) is 3.14. The van der Waals surface area contributed by atoms with E-state index in [0.29, 0.717) is 12.1 Å². The lowest BCUT2D eigenvalue weighted by atomic mass is 10.1. The van der Waals surface area contributed by atoms with Crippen LogP contribution in [-0.2, 0) is 6.54 Å². The maximum Gasteiger partial charge on any atom is 0.251 e. The van der Waals surface area contributed by atoms with Gasteiger partial charge in [0.05, 0.1) is 19.0 Å². The number of carbonyl (C=O) groups excluding carboxylic acids is 1. The van der Waals surface area contributed by atoms with Crippen LogP contribution in [0.25, 0.3) is 0 Å². The molecule has 1 heterocycles. The molecule has 0 aliphatic rings. The minimum atomic E-state index is -0.413. The number of nitrogens with zero attached hydrogens (tertiary/aromatic N) is 2. The van der Waals surface area contributed by atoms with Gasteiger partial charge in [0.15, 0.2) is 0 Å². The molecular formula is C19H19N3O2. The average molecular weight is 321 g/mol. The molecule has 0 saturated carbocycles. The first kappa shape index (κ1) is 16.0. The highest BCUT2D eigenvalue weighted by molar-refractivity contribution is 5.94. The normalized spacial score (nSPS) is 11.9. The number of amides is 1. The minimum absolute atomic E-state index is 0.144. The molecule has 0 aliphatic heterocycles. The fourth-order valence-electron chi connectivity index (χ4n) is 2.51. The second kappa shape index (κ2) is 7.57. The van der Waals surface area contributed by atoms with E-state index in [9.17, 15) is 9.90 Å². The predicted molar refractivity (Wildman–Crippen MR) is 91.5 cm³/mol. The van der Waals surface area contributed by atoms with Crippen LogP contribution in [0.2, 0.25) is 0 Å². The molecule has 2 aromatic carbocycles. The van der Waals surface area contributed by atoms with Crippen molar-refractivity contribution in [2.45, 2.75) is 12.6 Å². The van der Waals surface area contributed by atoms with Crippen LogP contribution in [0.4, 0.5) is 0 Å². The molecule has 122 valence electrons. The van der Waals surface area contributed by atoms with Gasteiger partial charge in [-0.25, -0.2) is 4.98 Å². The van der Waals surface area contributed by atoms with Crippen LogP contribution in [0.3, 0.4) is 0 Å². The summed E-state index contributed by atoms with van der Waals surface area (Å²) < 4.78 is 1.96. The van der Waals surface area contributed by atoms with E-state index < -0.39 is 6.04 Å². The molecule has 3 rings (SSSR count). The van der Waals surface area contributed by atoms with Crippen LogP contribution in [0.15, 0.2) is 73.3 Å². The quantitative estimate of drug-likeness (QED) is 0.732. The van der Waals surface area contributed by atoms with Gasteiger partial charge in [0.2, 0.25) is 0 Å². The summed E-state index contributed by atoms with van der Waals surface area (Å²) in [5.74, 6) is -0.202. The van der Waals surface area contributed by atoms with Crippen molar-refractivity contribution in [2.75, 3.05) is 6.61 Å². The molecule has 0 radical (unpaired) electrons. The highest BCUT2D eigenvalue weighted by atomic mass is 16.3. The number of aliphatic hydroxyl groups is 1. The molecule has 1 amide bonds. The van der Waals surface area contributed by atoms with Crippen LogP contribution >= 0.6 is 0 Å². The van der Waals surface area contributed by atoms with Crippen molar-refractivity contribution < 1.29 is 9.90 Å². The molecule has 0 fully saturated rings. The zero-order chi connectivity index (χ0) is 16.8. The second-order valence-electron chi connectivity index (χ2n) is 5.55. The molecule has 1 unspecified atom stereocenters. The number of rotatable bonds is 6. The number of nitrogens with one attached hydrogen (secondary N) is 1. The van der Waals surface area contributed by atoms with Crippen molar-refractivity contribution in [1.82, 2.24) is 14.9 Å². The van der Waals surface area contributed by atoms with Crippen LogP contribution in [0.5, 0.6) is 0 Å². The van der Waals surface area contributed by atoms with Crippen molar-refractivity contribution in [3.05, 3.63) is 90.0 Å². The molecule has 1 aromatic heterocycles. The van der Waals surface area contributed by atoms with Gasteiger partial charge in [-0.1, -0.05) is 42.5 Å². The summed E-state index contributed by atoms with van der Waals surface area (Å²) in [6.07, 6.45) is 5.39. The summed E-state index contributed by atoms with van der Waals surface area (Å²) in [5.41, 5.74) is 2.54. The lowest BCUT2D eigenvalue weighted by Crippen LogP contribution is -2.30. The molecule has 2 N–H and O–H groups in total. The number of benzene rings is 2. The molecule has 0 saturated heterocycles. The standard InChI is InChI=1S/C19H19N3O2/c23-13-18(16-4-2-1-3-5-16)21-19(24)17-8-6-15(7-9-17)12-22-11-10-20-14-22/h1-11,14,18,23H,12-13H2,(H,21,24). The minimum Gasteiger partial charge on any atom is -0.394 e. The molecule has 1 atom stereocenters. The Labute approximate surface area is 140 Å². The van der Waals surface area contributed by atoms with Gasteiger partial charge in [0, 0.05) is 24.5 Å². The summed E-state index contributed by atoms with van der Waals surface area (Å²) in [5, 5.41) is 12.4. The van der Waals surface area contributed by atoms with Crippen molar-refractivity contribution in [1.29, 1.82) is 0 Å². The summed E-state index contributed by atoms with van der Waals surface area (Å²) in [6, 6.07) is 16.5. The first-order chi connectivity index (χ1) is 11.8. The van der Waals surface area contributed by atoms with Gasteiger partial charge in [-0.3, -0.25) is 4.79 Å². The molecule has 0 aliphatic carbocycles. The van der Waals surface area contributed by atoms with Crippen molar-refractivity contribution in [3.8, 4) is 0 Å². The van der Waals surface area contributed by atoms with E-state index in [1.54, 1.807) is 24.7 Å². The first-order valence-corrected chi connectivity index (χ1v) is 7.77. The molecule has 24 heavy (non-hydrogen) atoms. The third-order valence-corrected chi connectivity index (χ3v) is 3.83. The highest BCUT2D eigenvalue weighted by Gasteiger charge is 2.14. The van der Waals surface area contributed by atoms with Crippen LogP contribution in [0, 0.1) is 0 Å². The van der Waals surface area contributed by atoms with Gasteiger partial charge in [-0.2, -0.15) is 0 Å². The van der Waals surface area contributed by atoms with Gasteiger partial charge in [-0.15, -0.1) is 0 Å². The maximum absolute atomic E-state index is 12.4. The monoisotopic (exact) mass is 321 g/mol. The Kier molecular flexibility index (Phi) is 5.03. The van der Waals surface area contributed by atoms with E-state index in [1.165, 1.54) is 0 Å². The molecule has 0 spiro atoms. The van der Waals surface area contributed by atoms with E-state index in [0.717, 1.165) is 11.1 Å². The molecule has 5 heteroatoms. The topological polar surface area (TPSA) is 67.2 Å². The number of hydrogen-bond acceptors (Lipinski definition) is 3. The summed E-state index contributed by atoms with van der Waals surface area (Å²) in [7, 11) is 0. The summed E-state index contributed by atoms with van der Waals surface area (Å²) >= 11 is 0. The lowest BCUT2D eigenvalue weighted by molar-refractivity contribution is 0.0916. The SMILES string of the molecule is O=C(NC(CO)c1ccccc1)c1ccc(Cn2ccnc2)cc1. The molecule has 3 aromatic rings. The van der Waals surface area contributed by atoms with Crippen LogP contribution in [0.1, 0.15) is 27.5 Å². The Morgan fingerprint density at radius 3 is 2.50 bits per heavy atom. The van der Waals surface area contributed by atoms with Crippen molar-refractivity contribution in [2.24, 2.45) is 0 Å². The molecule has 0 bridgehead atoms. The number of aromatic nitrogens is 2. The van der Waals surface area contributed by atoms with Gasteiger partial charge in [-0.05, 0) is 23.3 Å². The van der Waals surface area contributed by atoms with Gasteiger partial charge in [0.1, 0.15) is 0 Å². The Morgan fingerprint density at radius 2 is 1.88 bits per heavy atom. The Balaban J connectivity index is 1.66. The summed E-state index contributed by atoms with van der Waals surface area (Å²) in [4.78, 5) is 16.4. The van der Waals surface area contributed by atoms with Gasteiger partial charge >= 0.3 is 0 Å². The van der Waals surface area contributed by atoms with Crippen LogP contribution < -0.4 is 5.32 Å². The number of aliphatic hydroxyl groups excluding tert-OH is 1. The van der Waals surface area contributed by atoms with E-state index in [1.807, 2.05) is 53.2 Å². The Bertz CT molecular complexity index is 768. The number of imidazole rings is 1. The van der Waals surface area contributed by atoms with E-state index in [2.05, 4.69) is 10.3 Å². The smallest absolute Gasteiger partial charge is 0.251 e. The Hall–Kier alpha value is -2.92. The van der Waals surface area contributed by atoms with Crippen LogP contribution in [-0.4, -0.2) is 27.2 Å². The second-order valence-corrected chi connectivity index (χ2v) is 5.55. The van der Waals surface area contributed by atoms with E-state index >= 15 is 0 Å². The predicted octanol–water partition coefficient (Wildman–Crippen LogP) is 2.39. The largest absolute Gasteiger partial charge is 0.394 e. The van der Waals surface area contributed by atoms with Crippen molar-refractivity contribution >= 4 is 5.91 Å². The number of carbonyl (C=O) groups is 1. The van der Waals surface area contributed by atoms with Gasteiger partial charge in [0.25, 0.3) is 5.91 Å². The fraction of sp³-hybridized carbons (Fsp3) is 0.158. The first-order valence-electron chi connectivity index (χ1n) is 7.77.